The van der Waals surface area contributed by atoms with E-state index in [2.05, 4.69) is 15.3 Å². The van der Waals surface area contributed by atoms with Gasteiger partial charge in [0.1, 0.15) is 11.8 Å². The molecule has 1 N–H and O–H groups in total. The maximum atomic E-state index is 12.5. The Labute approximate surface area is 140 Å². The number of hydrogen-bond donors (Lipinski definition) is 1. The van der Waals surface area contributed by atoms with E-state index in [9.17, 15) is 18.0 Å². The molecule has 1 amide bonds. The number of halogens is 3. The third kappa shape index (κ3) is 3.85. The van der Waals surface area contributed by atoms with E-state index in [1.165, 1.54) is 6.26 Å². The standard InChI is InChI=1S/C17H12F3N3O2/c18-17(19,20)16-21-9-12(10-22-16)15(24)23-14(13-7-4-8-25-13)11-5-2-1-3-6-11/h1-10,14H,(H,23,24)/t14-/m0/s1. The second-order valence-corrected chi connectivity index (χ2v) is 5.13. The van der Waals surface area contributed by atoms with Gasteiger partial charge in [0.15, 0.2) is 0 Å². The van der Waals surface area contributed by atoms with Crippen molar-refractivity contribution in [1.29, 1.82) is 0 Å². The minimum atomic E-state index is -4.66. The first kappa shape index (κ1) is 16.7. The lowest BCUT2D eigenvalue weighted by atomic mass is 10.0. The average Bonchev–Trinajstić information content (AvgIpc) is 3.14. The number of amides is 1. The molecule has 5 nitrogen and oxygen atoms in total. The zero-order valence-corrected chi connectivity index (χ0v) is 12.7. The topological polar surface area (TPSA) is 68.0 Å². The molecule has 128 valence electrons. The fraction of sp³-hybridized carbons (Fsp3) is 0.118. The van der Waals surface area contributed by atoms with Gasteiger partial charge in [-0.2, -0.15) is 13.2 Å². The van der Waals surface area contributed by atoms with Crippen LogP contribution in [-0.4, -0.2) is 15.9 Å². The van der Waals surface area contributed by atoms with Crippen LogP contribution in [0.2, 0.25) is 0 Å². The van der Waals surface area contributed by atoms with Gasteiger partial charge in [-0.3, -0.25) is 4.79 Å². The van der Waals surface area contributed by atoms with Crippen molar-refractivity contribution in [3.8, 4) is 0 Å². The van der Waals surface area contributed by atoms with Gasteiger partial charge in [0.2, 0.25) is 5.82 Å². The highest BCUT2D eigenvalue weighted by molar-refractivity contribution is 5.94. The molecule has 0 aliphatic carbocycles. The number of rotatable bonds is 4. The minimum Gasteiger partial charge on any atom is -0.467 e. The molecule has 3 rings (SSSR count). The number of hydrogen-bond acceptors (Lipinski definition) is 4. The largest absolute Gasteiger partial charge is 0.467 e. The van der Waals surface area contributed by atoms with Gasteiger partial charge < -0.3 is 9.73 Å². The zero-order chi connectivity index (χ0) is 17.9. The zero-order valence-electron chi connectivity index (χ0n) is 12.7. The summed E-state index contributed by atoms with van der Waals surface area (Å²) in [5, 5.41) is 2.72. The number of benzene rings is 1. The molecule has 0 unspecified atom stereocenters. The van der Waals surface area contributed by atoms with E-state index in [0.29, 0.717) is 5.76 Å². The molecule has 0 aliphatic rings. The molecule has 0 radical (unpaired) electrons. The van der Waals surface area contributed by atoms with Crippen LogP contribution in [0.4, 0.5) is 13.2 Å². The van der Waals surface area contributed by atoms with Crippen molar-refractivity contribution in [2.24, 2.45) is 0 Å². The highest BCUT2D eigenvalue weighted by Crippen LogP contribution is 2.26. The molecule has 2 heterocycles. The monoisotopic (exact) mass is 347 g/mol. The number of alkyl halides is 3. The van der Waals surface area contributed by atoms with Crippen molar-refractivity contribution in [1.82, 2.24) is 15.3 Å². The van der Waals surface area contributed by atoms with E-state index < -0.39 is 23.9 Å². The van der Waals surface area contributed by atoms with Gasteiger partial charge in [-0.1, -0.05) is 30.3 Å². The number of nitrogens with zero attached hydrogens (tertiary/aromatic N) is 2. The van der Waals surface area contributed by atoms with Crippen LogP contribution >= 0.6 is 0 Å². The lowest BCUT2D eigenvalue weighted by molar-refractivity contribution is -0.145. The van der Waals surface area contributed by atoms with Crippen LogP contribution in [0.5, 0.6) is 0 Å². The molecule has 1 atom stereocenters. The molecule has 2 aromatic heterocycles. The molecule has 0 saturated heterocycles. The van der Waals surface area contributed by atoms with Crippen molar-refractivity contribution in [3.05, 3.63) is 83.8 Å². The molecule has 0 bridgehead atoms. The van der Waals surface area contributed by atoms with Crippen LogP contribution < -0.4 is 5.32 Å². The predicted octanol–water partition coefficient (Wildman–Crippen LogP) is 3.61. The number of carbonyl (C=O) groups is 1. The molecule has 0 aliphatic heterocycles. The SMILES string of the molecule is O=C(N[C@@H](c1ccccc1)c1ccco1)c1cnc(C(F)(F)F)nc1. The van der Waals surface area contributed by atoms with Crippen LogP contribution in [0.25, 0.3) is 0 Å². The maximum Gasteiger partial charge on any atom is 0.451 e. The van der Waals surface area contributed by atoms with Gasteiger partial charge in [-0.05, 0) is 17.7 Å². The molecular weight excluding hydrogens is 335 g/mol. The van der Waals surface area contributed by atoms with E-state index in [-0.39, 0.29) is 5.56 Å². The molecule has 0 spiro atoms. The van der Waals surface area contributed by atoms with Crippen molar-refractivity contribution >= 4 is 5.91 Å². The predicted molar refractivity (Wildman–Crippen MR) is 81.5 cm³/mol. The Kier molecular flexibility index (Phi) is 4.51. The quantitative estimate of drug-likeness (QED) is 0.783. The normalized spacial score (nSPS) is 12.6. The molecule has 0 saturated carbocycles. The van der Waals surface area contributed by atoms with Crippen molar-refractivity contribution < 1.29 is 22.4 Å². The number of aromatic nitrogens is 2. The third-order valence-corrected chi connectivity index (χ3v) is 3.40. The van der Waals surface area contributed by atoms with Crippen molar-refractivity contribution in [3.63, 3.8) is 0 Å². The molecule has 0 fully saturated rings. The molecular formula is C17H12F3N3O2. The van der Waals surface area contributed by atoms with Crippen LogP contribution in [0.1, 0.15) is 33.5 Å². The summed E-state index contributed by atoms with van der Waals surface area (Å²) < 4.78 is 42.9. The Morgan fingerprint density at radius 1 is 1.04 bits per heavy atom. The van der Waals surface area contributed by atoms with Crippen molar-refractivity contribution in [2.45, 2.75) is 12.2 Å². The first-order chi connectivity index (χ1) is 11.9. The Morgan fingerprint density at radius 3 is 2.28 bits per heavy atom. The highest BCUT2D eigenvalue weighted by Gasteiger charge is 2.34. The Bertz CT molecular complexity index is 832. The molecule has 25 heavy (non-hydrogen) atoms. The average molecular weight is 347 g/mol. The van der Waals surface area contributed by atoms with Crippen LogP contribution in [0.3, 0.4) is 0 Å². The summed E-state index contributed by atoms with van der Waals surface area (Å²) in [4.78, 5) is 18.8. The van der Waals surface area contributed by atoms with Gasteiger partial charge in [0, 0.05) is 12.4 Å². The Hall–Kier alpha value is -3.16. The van der Waals surface area contributed by atoms with Crippen molar-refractivity contribution in [2.75, 3.05) is 0 Å². The first-order valence-electron chi connectivity index (χ1n) is 7.23. The first-order valence-corrected chi connectivity index (χ1v) is 7.23. The van der Waals surface area contributed by atoms with E-state index in [1.807, 2.05) is 6.07 Å². The summed E-state index contributed by atoms with van der Waals surface area (Å²) in [6.45, 7) is 0. The smallest absolute Gasteiger partial charge is 0.451 e. The van der Waals surface area contributed by atoms with Crippen LogP contribution in [0, 0.1) is 0 Å². The highest BCUT2D eigenvalue weighted by atomic mass is 19.4. The lowest BCUT2D eigenvalue weighted by Gasteiger charge is -2.17. The fourth-order valence-corrected chi connectivity index (χ4v) is 2.23. The van der Waals surface area contributed by atoms with Crippen LogP contribution in [0.15, 0.2) is 65.5 Å². The lowest BCUT2D eigenvalue weighted by Crippen LogP contribution is -2.29. The molecule has 8 heteroatoms. The van der Waals surface area contributed by atoms with Gasteiger partial charge >= 0.3 is 6.18 Å². The Balaban J connectivity index is 1.84. The van der Waals surface area contributed by atoms with E-state index in [1.54, 1.807) is 36.4 Å². The van der Waals surface area contributed by atoms with Gasteiger partial charge in [-0.15, -0.1) is 0 Å². The summed E-state index contributed by atoms with van der Waals surface area (Å²) in [5.41, 5.74) is 0.680. The van der Waals surface area contributed by atoms with Gasteiger partial charge in [0.25, 0.3) is 5.91 Å². The second-order valence-electron chi connectivity index (χ2n) is 5.13. The van der Waals surface area contributed by atoms with Gasteiger partial charge in [0.05, 0.1) is 11.8 Å². The van der Waals surface area contributed by atoms with E-state index >= 15 is 0 Å². The minimum absolute atomic E-state index is 0.0829. The molecule has 3 aromatic rings. The van der Waals surface area contributed by atoms with Crippen LogP contribution in [-0.2, 0) is 6.18 Å². The third-order valence-electron chi connectivity index (χ3n) is 3.40. The summed E-state index contributed by atoms with van der Waals surface area (Å²) >= 11 is 0. The Morgan fingerprint density at radius 2 is 1.72 bits per heavy atom. The summed E-state index contributed by atoms with van der Waals surface area (Å²) in [6, 6.07) is 11.8. The number of nitrogens with one attached hydrogen (secondary N) is 1. The number of carbonyl (C=O) groups excluding carboxylic acids is 1. The summed E-state index contributed by atoms with van der Waals surface area (Å²) in [7, 11) is 0. The maximum absolute atomic E-state index is 12.5. The van der Waals surface area contributed by atoms with E-state index in [4.69, 9.17) is 4.42 Å². The summed E-state index contributed by atoms with van der Waals surface area (Å²) in [6.07, 6.45) is -1.50. The van der Waals surface area contributed by atoms with E-state index in [0.717, 1.165) is 18.0 Å². The number of furan rings is 1. The fourth-order valence-electron chi connectivity index (χ4n) is 2.23. The van der Waals surface area contributed by atoms with Gasteiger partial charge in [-0.25, -0.2) is 9.97 Å². The molecule has 1 aromatic carbocycles. The second kappa shape index (κ2) is 6.76. The summed E-state index contributed by atoms with van der Waals surface area (Å²) in [5.74, 6) is -1.42.